The van der Waals surface area contributed by atoms with Gasteiger partial charge in [0.2, 0.25) is 23.6 Å². The van der Waals surface area contributed by atoms with Gasteiger partial charge in [-0.25, -0.2) is 0 Å². The van der Waals surface area contributed by atoms with Crippen LogP contribution >= 0.6 is 13.5 Å². The van der Waals surface area contributed by atoms with Crippen molar-refractivity contribution in [1.82, 2.24) is 9.80 Å². The molecule has 4 N–H and O–H groups in total. The number of nitrogens with zero attached hydrogens (tertiary/aromatic N) is 2. The fraction of sp³-hybridized carbons (Fsp3) is 0.750. The molecule has 0 bridgehead atoms. The third-order valence-electron chi connectivity index (χ3n) is 5.04. The molecule has 2 aliphatic heterocycles. The van der Waals surface area contributed by atoms with Crippen LogP contribution in [0, 0.1) is 5.92 Å². The SMILES string of the molecule is CC(C)C(=O)N1CCCC12CCN(C(CCC(N)=O)C(N)=O)C2=O.S. The standard InChI is InChI=1S/C16H26N4O4.H2S/c1-10(2)14(23)20-8-3-6-16(20)7-9-19(15(16)24)11(13(18)22)4-5-12(17)21;/h10-11H,3-9H2,1-2H3,(H2,17,21)(H2,18,22);1H2. The van der Waals surface area contributed by atoms with E-state index in [0.29, 0.717) is 25.9 Å². The number of amides is 4. The molecule has 0 aromatic heterocycles. The molecule has 0 aliphatic carbocycles. The van der Waals surface area contributed by atoms with Crippen LogP contribution in [0.3, 0.4) is 0 Å². The van der Waals surface area contributed by atoms with Crippen LogP contribution in [-0.2, 0) is 19.2 Å². The maximum Gasteiger partial charge on any atom is 0.249 e. The molecule has 2 unspecified atom stereocenters. The van der Waals surface area contributed by atoms with Gasteiger partial charge in [-0.2, -0.15) is 13.5 Å². The lowest BCUT2D eigenvalue weighted by Crippen LogP contribution is -2.56. The molecule has 0 radical (unpaired) electrons. The highest BCUT2D eigenvalue weighted by Gasteiger charge is 2.56. The first-order chi connectivity index (χ1) is 11.2. The zero-order valence-electron chi connectivity index (χ0n) is 14.8. The largest absolute Gasteiger partial charge is 0.370 e. The van der Waals surface area contributed by atoms with Crippen LogP contribution in [0.15, 0.2) is 0 Å². The van der Waals surface area contributed by atoms with Crippen molar-refractivity contribution in [3.63, 3.8) is 0 Å². The van der Waals surface area contributed by atoms with E-state index in [-0.39, 0.29) is 44.1 Å². The summed E-state index contributed by atoms with van der Waals surface area (Å²) in [7, 11) is 0. The molecule has 4 amide bonds. The number of hydrogen-bond acceptors (Lipinski definition) is 4. The number of carbonyl (C=O) groups excluding carboxylic acids is 4. The maximum absolute atomic E-state index is 13.1. The highest BCUT2D eigenvalue weighted by molar-refractivity contribution is 7.59. The van der Waals surface area contributed by atoms with E-state index in [4.69, 9.17) is 11.5 Å². The number of likely N-dealkylation sites (tertiary alicyclic amines) is 2. The summed E-state index contributed by atoms with van der Waals surface area (Å²) in [5.74, 6) is -1.66. The lowest BCUT2D eigenvalue weighted by molar-refractivity contribution is -0.150. The number of primary amides is 2. The van der Waals surface area contributed by atoms with E-state index in [1.807, 2.05) is 13.8 Å². The Balaban J connectivity index is 0.00000312. The predicted molar refractivity (Wildman–Crippen MR) is 96.6 cm³/mol. The second-order valence-corrected chi connectivity index (χ2v) is 6.95. The average molecular weight is 372 g/mol. The Labute approximate surface area is 154 Å². The van der Waals surface area contributed by atoms with Crippen molar-refractivity contribution in [1.29, 1.82) is 0 Å². The molecule has 2 atom stereocenters. The van der Waals surface area contributed by atoms with Crippen molar-refractivity contribution < 1.29 is 19.2 Å². The molecule has 1 spiro atoms. The van der Waals surface area contributed by atoms with Gasteiger partial charge >= 0.3 is 0 Å². The molecule has 0 aromatic rings. The fourth-order valence-electron chi connectivity index (χ4n) is 3.80. The number of carbonyl (C=O) groups is 4. The van der Waals surface area contributed by atoms with Crippen molar-refractivity contribution in [2.75, 3.05) is 13.1 Å². The summed E-state index contributed by atoms with van der Waals surface area (Å²) in [6.07, 6.45) is 1.96. The van der Waals surface area contributed by atoms with E-state index >= 15 is 0 Å². The van der Waals surface area contributed by atoms with Gasteiger partial charge in [0.15, 0.2) is 0 Å². The summed E-state index contributed by atoms with van der Waals surface area (Å²) in [6, 6.07) is -0.860. The van der Waals surface area contributed by atoms with Gasteiger partial charge in [-0.15, -0.1) is 0 Å². The van der Waals surface area contributed by atoms with E-state index in [1.54, 1.807) is 4.90 Å². The van der Waals surface area contributed by atoms with Gasteiger partial charge in [0, 0.05) is 25.4 Å². The van der Waals surface area contributed by atoms with Crippen molar-refractivity contribution in [2.24, 2.45) is 17.4 Å². The van der Waals surface area contributed by atoms with E-state index < -0.39 is 23.4 Å². The normalized spacial score (nSPS) is 23.9. The molecule has 2 saturated heterocycles. The molecule has 9 heteroatoms. The quantitative estimate of drug-likeness (QED) is 0.649. The van der Waals surface area contributed by atoms with Crippen LogP contribution in [0.1, 0.15) is 46.0 Å². The molecule has 2 aliphatic rings. The lowest BCUT2D eigenvalue weighted by atomic mass is 9.93. The van der Waals surface area contributed by atoms with E-state index in [9.17, 15) is 19.2 Å². The minimum Gasteiger partial charge on any atom is -0.370 e. The van der Waals surface area contributed by atoms with Gasteiger partial charge < -0.3 is 21.3 Å². The van der Waals surface area contributed by atoms with Crippen molar-refractivity contribution in [3.05, 3.63) is 0 Å². The summed E-state index contributed by atoms with van der Waals surface area (Å²) < 4.78 is 0. The Bertz CT molecular complexity index is 568. The Hall–Kier alpha value is -1.77. The van der Waals surface area contributed by atoms with Crippen molar-refractivity contribution in [2.45, 2.75) is 57.5 Å². The monoisotopic (exact) mass is 372 g/mol. The number of hydrogen-bond donors (Lipinski definition) is 2. The first-order valence-electron chi connectivity index (χ1n) is 8.41. The molecule has 2 heterocycles. The van der Waals surface area contributed by atoms with Crippen LogP contribution in [0.25, 0.3) is 0 Å². The second-order valence-electron chi connectivity index (χ2n) is 6.95. The topological polar surface area (TPSA) is 127 Å². The highest BCUT2D eigenvalue weighted by atomic mass is 32.1. The third-order valence-corrected chi connectivity index (χ3v) is 5.04. The van der Waals surface area contributed by atoms with Gasteiger partial charge in [0.05, 0.1) is 0 Å². The zero-order chi connectivity index (χ0) is 18.1. The number of rotatable bonds is 6. The van der Waals surface area contributed by atoms with Crippen molar-refractivity contribution in [3.8, 4) is 0 Å². The Kier molecular flexibility index (Phi) is 6.87. The summed E-state index contributed by atoms with van der Waals surface area (Å²) in [5, 5.41) is 0. The Morgan fingerprint density at radius 2 is 1.80 bits per heavy atom. The minimum atomic E-state index is -0.860. The first kappa shape index (κ1) is 21.3. The van der Waals surface area contributed by atoms with Crippen molar-refractivity contribution >= 4 is 37.1 Å². The molecular formula is C16H28N4O4S. The molecule has 25 heavy (non-hydrogen) atoms. The maximum atomic E-state index is 13.1. The summed E-state index contributed by atoms with van der Waals surface area (Å²) >= 11 is 0. The Morgan fingerprint density at radius 1 is 1.16 bits per heavy atom. The summed E-state index contributed by atoms with van der Waals surface area (Å²) in [5.41, 5.74) is 9.71. The minimum absolute atomic E-state index is 0. The third kappa shape index (κ3) is 3.91. The van der Waals surface area contributed by atoms with Crippen LogP contribution in [0.5, 0.6) is 0 Å². The number of nitrogens with two attached hydrogens (primary N) is 2. The van der Waals surface area contributed by atoms with E-state index in [0.717, 1.165) is 6.42 Å². The predicted octanol–water partition coefficient (Wildman–Crippen LogP) is -0.532. The molecule has 0 saturated carbocycles. The van der Waals surface area contributed by atoms with Crippen LogP contribution in [-0.4, -0.2) is 58.1 Å². The van der Waals surface area contributed by atoms with Crippen LogP contribution < -0.4 is 11.5 Å². The summed E-state index contributed by atoms with van der Waals surface area (Å²) in [6.45, 7) is 4.53. The van der Waals surface area contributed by atoms with Gasteiger partial charge in [0.1, 0.15) is 11.6 Å². The first-order valence-corrected chi connectivity index (χ1v) is 8.41. The molecule has 8 nitrogen and oxygen atoms in total. The molecular weight excluding hydrogens is 344 g/mol. The second kappa shape index (κ2) is 8.07. The molecule has 142 valence electrons. The Morgan fingerprint density at radius 3 is 2.32 bits per heavy atom. The molecule has 0 aromatic carbocycles. The van der Waals surface area contributed by atoms with E-state index in [1.165, 1.54) is 4.90 Å². The molecule has 2 fully saturated rings. The van der Waals surface area contributed by atoms with Gasteiger partial charge in [-0.05, 0) is 25.7 Å². The van der Waals surface area contributed by atoms with Crippen LogP contribution in [0.4, 0.5) is 0 Å². The zero-order valence-corrected chi connectivity index (χ0v) is 15.8. The van der Waals surface area contributed by atoms with Crippen LogP contribution in [0.2, 0.25) is 0 Å². The molecule has 2 rings (SSSR count). The van der Waals surface area contributed by atoms with Gasteiger partial charge in [-0.3, -0.25) is 19.2 Å². The highest BCUT2D eigenvalue weighted by Crippen LogP contribution is 2.40. The van der Waals surface area contributed by atoms with Gasteiger partial charge in [-0.1, -0.05) is 13.8 Å². The lowest BCUT2D eigenvalue weighted by Gasteiger charge is -2.35. The van der Waals surface area contributed by atoms with Gasteiger partial charge in [0.25, 0.3) is 0 Å². The smallest absolute Gasteiger partial charge is 0.249 e. The van der Waals surface area contributed by atoms with E-state index in [2.05, 4.69) is 0 Å². The average Bonchev–Trinajstić information content (AvgIpc) is 3.05. The fourth-order valence-corrected chi connectivity index (χ4v) is 3.80. The summed E-state index contributed by atoms with van der Waals surface area (Å²) in [4.78, 5) is 51.4.